The van der Waals surface area contributed by atoms with Crippen LogP contribution in [0.1, 0.15) is 16.7 Å². The molecule has 0 aliphatic carbocycles. The topological polar surface area (TPSA) is 93.2 Å². The van der Waals surface area contributed by atoms with Crippen LogP contribution in [0.15, 0.2) is 40.7 Å². The molecule has 1 aromatic heterocycles. The van der Waals surface area contributed by atoms with E-state index >= 15 is 0 Å². The molecule has 0 saturated carbocycles. The predicted octanol–water partition coefficient (Wildman–Crippen LogP) is 4.87. The van der Waals surface area contributed by atoms with Gasteiger partial charge in [0.05, 0.1) is 5.75 Å². The Balaban J connectivity index is 1.45. The second-order valence-electron chi connectivity index (χ2n) is 6.77. The molecule has 162 valence electrons. The zero-order chi connectivity index (χ0) is 22.4. The number of anilines is 2. The van der Waals surface area contributed by atoms with Crippen molar-refractivity contribution < 1.29 is 14.3 Å². The molecule has 10 heteroatoms. The van der Waals surface area contributed by atoms with Gasteiger partial charge >= 0.3 is 0 Å². The number of thioether (sulfide) groups is 1. The second-order valence-corrected chi connectivity index (χ2v) is 9.41. The molecule has 3 aromatic rings. The van der Waals surface area contributed by atoms with Crippen LogP contribution in [0.4, 0.5) is 10.8 Å². The van der Waals surface area contributed by atoms with Crippen LogP contribution < -0.4 is 15.4 Å². The highest BCUT2D eigenvalue weighted by atomic mass is 35.5. The lowest BCUT2D eigenvalue weighted by molar-refractivity contribution is -0.118. The molecule has 0 aliphatic heterocycles. The zero-order valence-corrected chi connectivity index (χ0v) is 19.6. The molecule has 0 bridgehead atoms. The maximum Gasteiger partial charge on any atom is 0.264 e. The van der Waals surface area contributed by atoms with Crippen LogP contribution in [0.25, 0.3) is 0 Å². The van der Waals surface area contributed by atoms with Gasteiger partial charge in [-0.25, -0.2) is 0 Å². The lowest BCUT2D eigenvalue weighted by Gasteiger charge is -2.12. The molecule has 2 N–H and O–H groups in total. The molecule has 7 nitrogen and oxygen atoms in total. The lowest BCUT2D eigenvalue weighted by atomic mass is 10.1. The fourth-order valence-corrected chi connectivity index (χ4v) is 4.53. The molecule has 1 heterocycles. The van der Waals surface area contributed by atoms with Crippen molar-refractivity contribution in [2.45, 2.75) is 25.1 Å². The van der Waals surface area contributed by atoms with Crippen molar-refractivity contribution in [1.82, 2.24) is 10.2 Å². The number of nitrogens with zero attached hydrogens (tertiary/aromatic N) is 2. The van der Waals surface area contributed by atoms with Gasteiger partial charge in [0.1, 0.15) is 5.75 Å². The molecule has 0 radical (unpaired) electrons. The minimum Gasteiger partial charge on any atom is -0.484 e. The molecular weight excluding hydrogens is 456 g/mol. The number of ether oxygens (including phenoxy) is 1. The van der Waals surface area contributed by atoms with Gasteiger partial charge < -0.3 is 10.1 Å². The summed E-state index contributed by atoms with van der Waals surface area (Å²) < 4.78 is 5.98. The first-order chi connectivity index (χ1) is 14.8. The van der Waals surface area contributed by atoms with E-state index in [-0.39, 0.29) is 24.2 Å². The minimum absolute atomic E-state index is 0.128. The van der Waals surface area contributed by atoms with Gasteiger partial charge in [-0.15, -0.1) is 10.2 Å². The highest BCUT2D eigenvalue weighted by Crippen LogP contribution is 2.27. The number of nitrogens with one attached hydrogen (secondary N) is 2. The van der Waals surface area contributed by atoms with Gasteiger partial charge in [-0.2, -0.15) is 0 Å². The lowest BCUT2D eigenvalue weighted by Crippen LogP contribution is -2.20. The fraction of sp³-hybridized carbons (Fsp3) is 0.238. The van der Waals surface area contributed by atoms with Crippen LogP contribution in [-0.2, 0) is 9.59 Å². The van der Waals surface area contributed by atoms with Gasteiger partial charge in [-0.1, -0.05) is 52.4 Å². The van der Waals surface area contributed by atoms with Gasteiger partial charge in [-0.3, -0.25) is 14.9 Å². The quantitative estimate of drug-likeness (QED) is 0.356. The number of benzene rings is 2. The van der Waals surface area contributed by atoms with Gasteiger partial charge in [0, 0.05) is 10.7 Å². The number of hydrogen-bond donors (Lipinski definition) is 2. The number of carbonyl (C=O) groups is 2. The van der Waals surface area contributed by atoms with Gasteiger partial charge in [0.2, 0.25) is 11.0 Å². The van der Waals surface area contributed by atoms with Crippen LogP contribution in [0, 0.1) is 20.8 Å². The van der Waals surface area contributed by atoms with Crippen LogP contribution in [0.2, 0.25) is 5.02 Å². The zero-order valence-electron chi connectivity index (χ0n) is 17.2. The van der Waals surface area contributed by atoms with Crippen molar-refractivity contribution in [1.29, 1.82) is 0 Å². The number of aryl methyl sites for hydroxylation is 3. The Morgan fingerprint density at radius 2 is 1.71 bits per heavy atom. The number of carbonyl (C=O) groups excluding carboxylic acids is 2. The summed E-state index contributed by atoms with van der Waals surface area (Å²) in [7, 11) is 0. The van der Waals surface area contributed by atoms with Crippen LogP contribution in [0.5, 0.6) is 5.75 Å². The Hall–Kier alpha value is -2.62. The smallest absolute Gasteiger partial charge is 0.264 e. The van der Waals surface area contributed by atoms with E-state index in [1.807, 2.05) is 32.9 Å². The Kier molecular flexibility index (Phi) is 7.89. The van der Waals surface area contributed by atoms with E-state index in [9.17, 15) is 9.59 Å². The van der Waals surface area contributed by atoms with Crippen molar-refractivity contribution in [2.75, 3.05) is 23.0 Å². The van der Waals surface area contributed by atoms with Crippen LogP contribution in [-0.4, -0.2) is 34.4 Å². The Labute approximate surface area is 193 Å². The van der Waals surface area contributed by atoms with Crippen molar-refractivity contribution in [3.05, 3.63) is 58.1 Å². The summed E-state index contributed by atoms with van der Waals surface area (Å²) in [5, 5.41) is 14.5. The molecule has 31 heavy (non-hydrogen) atoms. The van der Waals surface area contributed by atoms with Gasteiger partial charge in [0.25, 0.3) is 5.91 Å². The van der Waals surface area contributed by atoms with Gasteiger partial charge in [-0.05, 0) is 56.2 Å². The van der Waals surface area contributed by atoms with E-state index < -0.39 is 0 Å². The maximum atomic E-state index is 12.3. The van der Waals surface area contributed by atoms with E-state index in [0.717, 1.165) is 22.4 Å². The average Bonchev–Trinajstić information content (AvgIpc) is 3.16. The van der Waals surface area contributed by atoms with Crippen LogP contribution >= 0.6 is 34.7 Å². The maximum absolute atomic E-state index is 12.3. The molecule has 0 saturated heterocycles. The summed E-state index contributed by atoms with van der Waals surface area (Å²) in [6.07, 6.45) is 0. The molecule has 0 fully saturated rings. The SMILES string of the molecule is Cc1cc(C)c(NC(=O)CSc2nnc(NC(=O)COc3ccc(Cl)cc3)s2)c(C)c1. The summed E-state index contributed by atoms with van der Waals surface area (Å²) in [6, 6.07) is 10.8. The third-order valence-corrected chi connectivity index (χ3v) is 6.33. The Morgan fingerprint density at radius 1 is 1.03 bits per heavy atom. The number of rotatable bonds is 8. The first kappa shape index (κ1) is 23.1. The molecule has 0 unspecified atom stereocenters. The minimum atomic E-state index is -0.356. The molecule has 0 atom stereocenters. The van der Waals surface area contributed by atoms with Crippen molar-refractivity contribution >= 4 is 57.3 Å². The number of halogens is 1. The predicted molar refractivity (Wildman–Crippen MR) is 125 cm³/mol. The first-order valence-electron chi connectivity index (χ1n) is 9.32. The molecule has 3 rings (SSSR count). The van der Waals surface area contributed by atoms with E-state index in [2.05, 4.69) is 20.8 Å². The van der Waals surface area contributed by atoms with Crippen molar-refractivity contribution in [3.8, 4) is 5.75 Å². The molecule has 0 aliphatic rings. The monoisotopic (exact) mass is 476 g/mol. The third-order valence-electron chi connectivity index (χ3n) is 4.10. The normalized spacial score (nSPS) is 10.6. The molecule has 2 amide bonds. The number of aromatic nitrogens is 2. The summed E-state index contributed by atoms with van der Waals surface area (Å²) >= 11 is 8.27. The highest BCUT2D eigenvalue weighted by Gasteiger charge is 2.13. The summed E-state index contributed by atoms with van der Waals surface area (Å²) in [6.45, 7) is 5.80. The van der Waals surface area contributed by atoms with E-state index in [0.29, 0.717) is 20.2 Å². The van der Waals surface area contributed by atoms with Gasteiger partial charge in [0.15, 0.2) is 10.9 Å². The first-order valence-corrected chi connectivity index (χ1v) is 11.5. The number of amides is 2. The highest BCUT2D eigenvalue weighted by molar-refractivity contribution is 8.01. The van der Waals surface area contributed by atoms with E-state index in [1.54, 1.807) is 24.3 Å². The summed E-state index contributed by atoms with van der Waals surface area (Å²) in [5.74, 6) is 0.246. The Morgan fingerprint density at radius 3 is 2.39 bits per heavy atom. The third kappa shape index (κ3) is 6.95. The number of hydrogen-bond acceptors (Lipinski definition) is 7. The molecule has 0 spiro atoms. The van der Waals surface area contributed by atoms with Crippen molar-refractivity contribution in [2.24, 2.45) is 0 Å². The largest absolute Gasteiger partial charge is 0.484 e. The van der Waals surface area contributed by atoms with Crippen molar-refractivity contribution in [3.63, 3.8) is 0 Å². The van der Waals surface area contributed by atoms with E-state index in [4.69, 9.17) is 16.3 Å². The van der Waals surface area contributed by atoms with E-state index in [1.165, 1.54) is 23.1 Å². The summed E-state index contributed by atoms with van der Waals surface area (Å²) in [5.41, 5.74) is 4.04. The Bertz CT molecular complexity index is 1060. The van der Waals surface area contributed by atoms with Crippen LogP contribution in [0.3, 0.4) is 0 Å². The average molecular weight is 477 g/mol. The fourth-order valence-electron chi connectivity index (χ4n) is 2.83. The second kappa shape index (κ2) is 10.6. The molecular formula is C21H21ClN4O3S2. The standard InChI is InChI=1S/C21H21ClN4O3S2/c1-12-8-13(2)19(14(3)9-12)23-18(28)11-30-21-26-25-20(31-21)24-17(27)10-29-16-6-4-15(22)5-7-16/h4-9H,10-11H2,1-3H3,(H,23,28)(H,24,25,27). The summed E-state index contributed by atoms with van der Waals surface area (Å²) in [4.78, 5) is 24.4. The molecule has 2 aromatic carbocycles.